The quantitative estimate of drug-likeness (QED) is 0.506. The molecule has 0 bridgehead atoms. The van der Waals surface area contributed by atoms with E-state index in [1.807, 2.05) is 53.4 Å². The second kappa shape index (κ2) is 7.86. The number of aryl methyl sites for hydroxylation is 2. The fourth-order valence-corrected chi connectivity index (χ4v) is 3.92. The first-order valence-electron chi connectivity index (χ1n) is 9.61. The third kappa shape index (κ3) is 3.69. The predicted octanol–water partition coefficient (Wildman–Crippen LogP) is 3.84. The molecule has 1 aliphatic rings. The highest BCUT2D eigenvalue weighted by molar-refractivity contribution is 6.00. The monoisotopic (exact) mass is 406 g/mol. The smallest absolute Gasteiger partial charge is 0.333 e. The van der Waals surface area contributed by atoms with Crippen LogP contribution in [0.15, 0.2) is 48.5 Å². The maximum absolute atomic E-state index is 12.4. The molecule has 2 aromatic carbocycles. The van der Waals surface area contributed by atoms with Crippen molar-refractivity contribution in [3.05, 3.63) is 75.5 Å². The normalized spacial score (nSPS) is 12.9. The topological polar surface area (TPSA) is 105 Å². The summed E-state index contributed by atoms with van der Waals surface area (Å²) in [7, 11) is 1.72. The molecule has 0 unspecified atom stereocenters. The summed E-state index contributed by atoms with van der Waals surface area (Å²) in [6.45, 7) is 2.74. The molecule has 3 aromatic rings. The zero-order valence-corrected chi connectivity index (χ0v) is 16.8. The lowest BCUT2D eigenvalue weighted by Crippen LogP contribution is -2.33. The van der Waals surface area contributed by atoms with Crippen molar-refractivity contribution in [2.75, 3.05) is 22.1 Å². The second-order valence-electron chi connectivity index (χ2n) is 7.20. The molecule has 0 saturated carbocycles. The highest BCUT2D eigenvalue weighted by Crippen LogP contribution is 2.35. The number of carbonyl (C=O) groups excluding carboxylic acids is 1. The molecule has 0 fully saturated rings. The van der Waals surface area contributed by atoms with Crippen molar-refractivity contribution in [2.24, 2.45) is 7.05 Å². The Labute approximate surface area is 173 Å². The molecular weight excluding hydrogens is 384 g/mol. The molecule has 1 aliphatic heterocycles. The Hall–Kier alpha value is -3.88. The Morgan fingerprint density at radius 3 is 2.63 bits per heavy atom. The first kappa shape index (κ1) is 19.4. The predicted molar refractivity (Wildman–Crippen MR) is 115 cm³/mol. The molecule has 0 atom stereocenters. The van der Waals surface area contributed by atoms with E-state index in [2.05, 4.69) is 15.7 Å². The van der Waals surface area contributed by atoms with E-state index < -0.39 is 0 Å². The number of amides is 2. The first-order chi connectivity index (χ1) is 14.4. The van der Waals surface area contributed by atoms with Crippen LogP contribution >= 0.6 is 0 Å². The molecule has 154 valence electrons. The highest BCUT2D eigenvalue weighted by Gasteiger charge is 2.31. The minimum Gasteiger partial charge on any atom is -0.346 e. The number of anilines is 3. The number of para-hydroxylation sites is 1. The van der Waals surface area contributed by atoms with Crippen LogP contribution in [-0.2, 0) is 20.0 Å². The number of urea groups is 1. The van der Waals surface area contributed by atoms with Crippen molar-refractivity contribution in [3.63, 3.8) is 0 Å². The fourth-order valence-electron chi connectivity index (χ4n) is 3.92. The van der Waals surface area contributed by atoms with Gasteiger partial charge in [0.1, 0.15) is 5.69 Å². The Morgan fingerprint density at radius 1 is 1.13 bits per heavy atom. The lowest BCUT2D eigenvalue weighted by Gasteiger charge is -2.31. The number of nitrogens with zero attached hydrogens (tertiary/aromatic N) is 4. The van der Waals surface area contributed by atoms with Crippen molar-refractivity contribution in [3.8, 4) is 0 Å². The summed E-state index contributed by atoms with van der Waals surface area (Å²) >= 11 is 0. The maximum atomic E-state index is 12.4. The average molecular weight is 406 g/mol. The number of aromatic nitrogens is 2. The van der Waals surface area contributed by atoms with Crippen LogP contribution in [0.1, 0.15) is 16.8 Å². The van der Waals surface area contributed by atoms with E-state index in [4.69, 9.17) is 0 Å². The number of fused-ring (bicyclic) bond motifs is 1. The van der Waals surface area contributed by atoms with Gasteiger partial charge in [0.15, 0.2) is 0 Å². The minimum absolute atomic E-state index is 0.0393. The molecule has 2 amide bonds. The number of benzene rings is 2. The molecular formula is C21H22N6O3. The third-order valence-corrected chi connectivity index (χ3v) is 5.19. The van der Waals surface area contributed by atoms with Crippen LogP contribution in [0.5, 0.6) is 0 Å². The zero-order chi connectivity index (χ0) is 21.3. The lowest BCUT2D eigenvalue weighted by atomic mass is 9.97. The number of nitrogens with one attached hydrogen (secondary N) is 2. The molecule has 30 heavy (non-hydrogen) atoms. The Bertz CT molecular complexity index is 1110. The molecule has 0 spiro atoms. The van der Waals surface area contributed by atoms with Gasteiger partial charge in [-0.2, -0.15) is 5.10 Å². The van der Waals surface area contributed by atoms with Crippen molar-refractivity contribution < 1.29 is 9.72 Å². The molecule has 2 heterocycles. The van der Waals surface area contributed by atoms with Crippen LogP contribution in [0.4, 0.5) is 27.7 Å². The van der Waals surface area contributed by atoms with Crippen LogP contribution in [0.2, 0.25) is 0 Å². The number of hydrogen-bond donors (Lipinski definition) is 2. The van der Waals surface area contributed by atoms with Gasteiger partial charge in [-0.1, -0.05) is 30.3 Å². The van der Waals surface area contributed by atoms with Crippen LogP contribution in [-0.4, -0.2) is 27.3 Å². The van der Waals surface area contributed by atoms with Crippen molar-refractivity contribution in [1.82, 2.24) is 9.78 Å². The van der Waals surface area contributed by atoms with Crippen LogP contribution in [0, 0.1) is 17.0 Å². The van der Waals surface area contributed by atoms with Gasteiger partial charge in [-0.15, -0.1) is 0 Å². The molecule has 1 aromatic heterocycles. The summed E-state index contributed by atoms with van der Waals surface area (Å²) in [6.07, 6.45) is 0.651. The molecule has 0 aliphatic carbocycles. The molecule has 4 rings (SSSR count). The van der Waals surface area contributed by atoms with Gasteiger partial charge in [0.25, 0.3) is 0 Å². The van der Waals surface area contributed by atoms with Gasteiger partial charge in [0, 0.05) is 31.5 Å². The van der Waals surface area contributed by atoms with Crippen LogP contribution in [0.25, 0.3) is 0 Å². The van der Waals surface area contributed by atoms with E-state index in [0.29, 0.717) is 36.7 Å². The van der Waals surface area contributed by atoms with E-state index >= 15 is 0 Å². The fraction of sp³-hybridized carbons (Fsp3) is 0.238. The number of rotatable bonds is 4. The summed E-state index contributed by atoms with van der Waals surface area (Å²) in [5, 5.41) is 21.5. The largest absolute Gasteiger partial charge is 0.346 e. The summed E-state index contributed by atoms with van der Waals surface area (Å²) in [5.74, 6) is 0.503. The summed E-state index contributed by atoms with van der Waals surface area (Å²) < 4.78 is 1.56. The minimum atomic E-state index is -0.376. The van der Waals surface area contributed by atoms with E-state index in [1.165, 1.54) is 0 Å². The first-order valence-corrected chi connectivity index (χ1v) is 9.61. The van der Waals surface area contributed by atoms with Gasteiger partial charge in [-0.3, -0.25) is 10.1 Å². The Balaban J connectivity index is 1.55. The van der Waals surface area contributed by atoms with E-state index in [9.17, 15) is 14.9 Å². The van der Waals surface area contributed by atoms with Crippen LogP contribution in [0.3, 0.4) is 0 Å². The molecule has 0 radical (unpaired) electrons. The lowest BCUT2D eigenvalue weighted by molar-refractivity contribution is -0.384. The van der Waals surface area contributed by atoms with Crippen molar-refractivity contribution >= 4 is 28.9 Å². The standard InChI is InChI=1S/C21H22N6O3/c1-14-19(27(29)30)20(25(2)24-14)26-12-11-17-15(13-26)7-6-10-18(17)23-21(28)22-16-8-4-3-5-9-16/h3-10H,11-13H2,1-2H3,(H2,22,23,28). The van der Waals surface area contributed by atoms with E-state index in [1.54, 1.807) is 18.7 Å². The molecule has 9 nitrogen and oxygen atoms in total. The molecule has 2 N–H and O–H groups in total. The second-order valence-corrected chi connectivity index (χ2v) is 7.20. The Kier molecular flexibility index (Phi) is 5.09. The number of nitro groups is 1. The van der Waals surface area contributed by atoms with Crippen LogP contribution < -0.4 is 15.5 Å². The van der Waals surface area contributed by atoms with Crippen molar-refractivity contribution in [2.45, 2.75) is 19.9 Å². The zero-order valence-electron chi connectivity index (χ0n) is 16.8. The summed E-state index contributed by atoms with van der Waals surface area (Å²) in [5.41, 5.74) is 3.96. The molecule has 9 heteroatoms. The van der Waals surface area contributed by atoms with Gasteiger partial charge in [0.2, 0.25) is 5.82 Å². The number of carbonyl (C=O) groups is 1. The van der Waals surface area contributed by atoms with Crippen molar-refractivity contribution in [1.29, 1.82) is 0 Å². The SMILES string of the molecule is Cc1nn(C)c(N2CCc3c(cccc3NC(=O)Nc3ccccc3)C2)c1[N+](=O)[O-]. The van der Waals surface area contributed by atoms with Gasteiger partial charge >= 0.3 is 11.7 Å². The highest BCUT2D eigenvalue weighted by atomic mass is 16.6. The third-order valence-electron chi connectivity index (χ3n) is 5.19. The maximum Gasteiger partial charge on any atom is 0.333 e. The van der Waals surface area contributed by atoms with E-state index in [0.717, 1.165) is 16.8 Å². The van der Waals surface area contributed by atoms with Gasteiger partial charge in [-0.05, 0) is 42.7 Å². The summed E-state index contributed by atoms with van der Waals surface area (Å²) in [6, 6.07) is 14.7. The molecule has 0 saturated heterocycles. The van der Waals surface area contributed by atoms with Gasteiger partial charge in [0.05, 0.1) is 4.92 Å². The number of hydrogen-bond acceptors (Lipinski definition) is 5. The van der Waals surface area contributed by atoms with E-state index in [-0.39, 0.29) is 16.6 Å². The Morgan fingerprint density at radius 2 is 1.90 bits per heavy atom. The van der Waals surface area contributed by atoms with Gasteiger partial charge in [-0.25, -0.2) is 9.48 Å². The summed E-state index contributed by atoms with van der Waals surface area (Å²) in [4.78, 5) is 25.5. The average Bonchev–Trinajstić information content (AvgIpc) is 3.02. The van der Waals surface area contributed by atoms with Gasteiger partial charge < -0.3 is 15.5 Å².